The Bertz CT molecular complexity index is 950. The molecule has 0 unspecified atom stereocenters. The normalized spacial score (nSPS) is 22.1. The summed E-state index contributed by atoms with van der Waals surface area (Å²) in [7, 11) is 2.14. The summed E-state index contributed by atoms with van der Waals surface area (Å²) in [5.41, 5.74) is 3.17. The van der Waals surface area contributed by atoms with Crippen molar-refractivity contribution in [2.45, 2.75) is 56.6 Å². The smallest absolute Gasteiger partial charge is 0.240 e. The maximum Gasteiger partial charge on any atom is 0.240 e. The van der Waals surface area contributed by atoms with Crippen LogP contribution in [-0.4, -0.2) is 88.2 Å². The molecule has 4 rings (SSSR count). The Hall–Kier alpha value is -2.16. The summed E-state index contributed by atoms with van der Waals surface area (Å²) in [6.45, 7) is 11.9. The molecule has 2 aliphatic heterocycles. The molecule has 0 radical (unpaired) electrons. The van der Waals surface area contributed by atoms with Gasteiger partial charge in [0.25, 0.3) is 0 Å². The molecule has 0 aliphatic carbocycles. The lowest BCUT2D eigenvalue weighted by molar-refractivity contribution is -0.136. The summed E-state index contributed by atoms with van der Waals surface area (Å²) in [6, 6.07) is 10.2. The molecular formula is C26H37N5O2S. The van der Waals surface area contributed by atoms with E-state index in [0.717, 1.165) is 74.4 Å². The first-order valence-electron chi connectivity index (χ1n) is 12.3. The fourth-order valence-corrected chi connectivity index (χ4v) is 6.08. The fraction of sp³-hybridized carbons (Fsp3) is 0.577. The molecule has 2 aromatic rings. The number of likely N-dealkylation sites (tertiary alicyclic amines) is 1. The first-order chi connectivity index (χ1) is 16.4. The molecule has 8 heteroatoms. The van der Waals surface area contributed by atoms with Crippen molar-refractivity contribution in [1.82, 2.24) is 24.7 Å². The topological polar surface area (TPSA) is 61.8 Å². The van der Waals surface area contributed by atoms with E-state index in [2.05, 4.69) is 43.8 Å². The summed E-state index contributed by atoms with van der Waals surface area (Å²) < 4.78 is 5.60. The van der Waals surface area contributed by atoms with Gasteiger partial charge in [0.1, 0.15) is 5.75 Å². The molecule has 0 spiro atoms. The van der Waals surface area contributed by atoms with E-state index in [1.54, 1.807) is 11.8 Å². The van der Waals surface area contributed by atoms with Crippen molar-refractivity contribution < 1.29 is 9.53 Å². The minimum Gasteiger partial charge on any atom is -0.494 e. The van der Waals surface area contributed by atoms with E-state index < -0.39 is 0 Å². The van der Waals surface area contributed by atoms with Crippen LogP contribution < -0.4 is 4.74 Å². The van der Waals surface area contributed by atoms with Gasteiger partial charge in [-0.3, -0.25) is 9.69 Å². The number of aryl methyl sites for hydroxylation is 2. The second-order valence-corrected chi connectivity index (χ2v) is 10.7. The number of carbonyl (C=O) groups excluding carboxylic acids is 1. The van der Waals surface area contributed by atoms with Gasteiger partial charge in [0.2, 0.25) is 5.91 Å². The first kappa shape index (κ1) is 24.9. The van der Waals surface area contributed by atoms with Crippen LogP contribution in [0.25, 0.3) is 0 Å². The highest BCUT2D eigenvalue weighted by atomic mass is 32.2. The van der Waals surface area contributed by atoms with Gasteiger partial charge in [-0.2, -0.15) is 0 Å². The predicted molar refractivity (Wildman–Crippen MR) is 136 cm³/mol. The van der Waals surface area contributed by atoms with Gasteiger partial charge in [0.05, 0.1) is 12.6 Å². The minimum absolute atomic E-state index is 0.113. The van der Waals surface area contributed by atoms with E-state index in [1.165, 1.54) is 5.56 Å². The van der Waals surface area contributed by atoms with E-state index in [9.17, 15) is 4.79 Å². The number of likely N-dealkylation sites (N-methyl/N-ethyl adjacent to an activating group) is 1. The summed E-state index contributed by atoms with van der Waals surface area (Å²) in [6.07, 6.45) is 1.85. The van der Waals surface area contributed by atoms with Crippen LogP contribution >= 0.6 is 11.8 Å². The number of hydrogen-bond donors (Lipinski definition) is 0. The molecule has 184 valence electrons. The van der Waals surface area contributed by atoms with Crippen LogP contribution in [0.2, 0.25) is 0 Å². The van der Waals surface area contributed by atoms with Crippen LogP contribution in [0.3, 0.4) is 0 Å². The Kier molecular flexibility index (Phi) is 8.45. The molecule has 1 aromatic heterocycles. The van der Waals surface area contributed by atoms with Gasteiger partial charge in [0, 0.05) is 49.4 Å². The Morgan fingerprint density at radius 1 is 1.09 bits per heavy atom. The Labute approximate surface area is 207 Å². The lowest BCUT2D eigenvalue weighted by atomic mass is 10.1. The molecular weight excluding hydrogens is 446 g/mol. The Morgan fingerprint density at radius 2 is 1.82 bits per heavy atom. The lowest BCUT2D eigenvalue weighted by Crippen LogP contribution is -2.46. The van der Waals surface area contributed by atoms with Gasteiger partial charge >= 0.3 is 0 Å². The molecule has 3 heterocycles. The van der Waals surface area contributed by atoms with E-state index >= 15 is 0 Å². The van der Waals surface area contributed by atoms with E-state index in [1.807, 2.05) is 39.0 Å². The lowest BCUT2D eigenvalue weighted by Gasteiger charge is -2.29. The monoisotopic (exact) mass is 483 g/mol. The number of hydrogen-bond acceptors (Lipinski definition) is 7. The maximum atomic E-state index is 13.7. The first-order valence-corrected chi connectivity index (χ1v) is 13.2. The Morgan fingerprint density at radius 3 is 2.53 bits per heavy atom. The van der Waals surface area contributed by atoms with Crippen LogP contribution in [0, 0.1) is 13.8 Å². The molecule has 0 N–H and O–H groups in total. The zero-order chi connectivity index (χ0) is 24.1. The van der Waals surface area contributed by atoms with Crippen molar-refractivity contribution in [1.29, 1.82) is 0 Å². The van der Waals surface area contributed by atoms with Gasteiger partial charge < -0.3 is 14.5 Å². The molecule has 7 nitrogen and oxygen atoms in total. The SMILES string of the molecule is CCOc1ccc(CN2C[C@H](Sc3nc(C)cc(C)n3)C[C@H]2C(=O)N2CCCN(C)CC2)cc1. The average molecular weight is 484 g/mol. The molecule has 34 heavy (non-hydrogen) atoms. The average Bonchev–Trinajstić information content (AvgIpc) is 3.04. The number of rotatable bonds is 7. The van der Waals surface area contributed by atoms with Crippen molar-refractivity contribution in [3.05, 3.63) is 47.3 Å². The summed E-state index contributed by atoms with van der Waals surface area (Å²) in [4.78, 5) is 29.7. The molecule has 2 saturated heterocycles. The van der Waals surface area contributed by atoms with Crippen molar-refractivity contribution in [2.24, 2.45) is 0 Å². The predicted octanol–water partition coefficient (Wildman–Crippen LogP) is 3.39. The highest BCUT2D eigenvalue weighted by molar-refractivity contribution is 7.99. The van der Waals surface area contributed by atoms with Crippen LogP contribution in [0.15, 0.2) is 35.5 Å². The summed E-state index contributed by atoms with van der Waals surface area (Å²) in [5, 5.41) is 1.10. The van der Waals surface area contributed by atoms with Crippen LogP contribution in [0.5, 0.6) is 5.75 Å². The second-order valence-electron chi connectivity index (χ2n) is 9.41. The number of amides is 1. The number of ether oxygens (including phenoxy) is 1. The third-order valence-electron chi connectivity index (χ3n) is 6.54. The Balaban J connectivity index is 1.50. The number of benzene rings is 1. The van der Waals surface area contributed by atoms with Gasteiger partial charge in [0.15, 0.2) is 5.16 Å². The van der Waals surface area contributed by atoms with Crippen molar-refractivity contribution in [3.63, 3.8) is 0 Å². The summed E-state index contributed by atoms with van der Waals surface area (Å²) in [5.74, 6) is 1.15. The zero-order valence-corrected chi connectivity index (χ0v) is 21.7. The third-order valence-corrected chi connectivity index (χ3v) is 7.60. The van der Waals surface area contributed by atoms with Crippen LogP contribution in [0.1, 0.15) is 36.7 Å². The zero-order valence-electron chi connectivity index (χ0n) is 20.9. The number of aromatic nitrogens is 2. The van der Waals surface area contributed by atoms with Gasteiger partial charge in [-0.25, -0.2) is 9.97 Å². The van der Waals surface area contributed by atoms with Crippen LogP contribution in [0.4, 0.5) is 0 Å². The van der Waals surface area contributed by atoms with Crippen LogP contribution in [-0.2, 0) is 11.3 Å². The van der Waals surface area contributed by atoms with Gasteiger partial charge in [-0.05, 0) is 71.0 Å². The number of nitrogens with zero attached hydrogens (tertiary/aromatic N) is 5. The molecule has 0 saturated carbocycles. The molecule has 0 bridgehead atoms. The van der Waals surface area contributed by atoms with Gasteiger partial charge in [-0.1, -0.05) is 23.9 Å². The third kappa shape index (κ3) is 6.49. The number of thioether (sulfide) groups is 1. The highest BCUT2D eigenvalue weighted by Gasteiger charge is 2.39. The van der Waals surface area contributed by atoms with Crippen molar-refractivity contribution >= 4 is 17.7 Å². The van der Waals surface area contributed by atoms with E-state index in [4.69, 9.17) is 4.74 Å². The standard InChI is InChI=1S/C26H37N5O2S/c1-5-33-22-9-7-21(8-10-22)17-31-18-23(34-26-27-19(2)15-20(3)28-26)16-24(31)25(32)30-12-6-11-29(4)13-14-30/h7-10,15,23-24H,5-6,11-14,16-18H2,1-4H3/t23-,24+/m1/s1. The number of carbonyl (C=O) groups is 1. The van der Waals surface area contributed by atoms with Gasteiger partial charge in [-0.15, -0.1) is 0 Å². The van der Waals surface area contributed by atoms with Crippen molar-refractivity contribution in [2.75, 3.05) is 46.4 Å². The molecule has 2 fully saturated rings. The van der Waals surface area contributed by atoms with E-state index in [0.29, 0.717) is 6.61 Å². The quantitative estimate of drug-likeness (QED) is 0.560. The summed E-state index contributed by atoms with van der Waals surface area (Å²) >= 11 is 1.71. The minimum atomic E-state index is -0.113. The highest BCUT2D eigenvalue weighted by Crippen LogP contribution is 2.33. The second kappa shape index (κ2) is 11.5. The molecule has 1 aromatic carbocycles. The fourth-order valence-electron chi connectivity index (χ4n) is 4.84. The van der Waals surface area contributed by atoms with E-state index in [-0.39, 0.29) is 17.2 Å². The van der Waals surface area contributed by atoms with Crippen molar-refractivity contribution in [3.8, 4) is 5.75 Å². The maximum absolute atomic E-state index is 13.7. The molecule has 2 aliphatic rings. The molecule has 1 amide bonds. The largest absolute Gasteiger partial charge is 0.494 e. The molecule has 2 atom stereocenters.